The number of rotatable bonds is 11. The van der Waals surface area contributed by atoms with Crippen LogP contribution >= 0.6 is 0 Å². The highest BCUT2D eigenvalue weighted by molar-refractivity contribution is 6.02. The Morgan fingerprint density at radius 2 is 1.95 bits per heavy atom. The van der Waals surface area contributed by atoms with E-state index in [4.69, 9.17) is 9.57 Å². The molecular weight excluding hydrogens is 550 g/mol. The standard InChI is InChI=1S/C31H37N7O5/c1-4-10-36-11-13-37(14-12-36)26-18-27(42-3)24(17-23(26)35-30(39)5-2)34-28-19-29(33-20-32-28)38-25(9-15-43-38)21-7-6-8-22(16-21)31(40)41/h5-8,16-20,25H,2,4,9-15H2,1,3H3,(H,35,39)(H,40,41)(H,32,33,34). The van der Waals surface area contributed by atoms with Crippen molar-refractivity contribution >= 4 is 40.6 Å². The van der Waals surface area contributed by atoms with Gasteiger partial charge in [0.05, 0.1) is 42.4 Å². The van der Waals surface area contributed by atoms with Crippen LogP contribution < -0.4 is 25.3 Å². The maximum absolute atomic E-state index is 12.4. The van der Waals surface area contributed by atoms with Gasteiger partial charge in [-0.15, -0.1) is 0 Å². The van der Waals surface area contributed by atoms with Crippen LogP contribution in [0.15, 0.2) is 61.4 Å². The van der Waals surface area contributed by atoms with Crippen LogP contribution in [0.2, 0.25) is 0 Å². The first-order chi connectivity index (χ1) is 20.9. The Morgan fingerprint density at radius 3 is 2.67 bits per heavy atom. The number of hydrogen-bond acceptors (Lipinski definition) is 10. The Morgan fingerprint density at radius 1 is 1.14 bits per heavy atom. The number of hydroxylamine groups is 1. The zero-order chi connectivity index (χ0) is 30.3. The van der Waals surface area contributed by atoms with Crippen LogP contribution in [0.25, 0.3) is 0 Å². The van der Waals surface area contributed by atoms with E-state index in [-0.39, 0.29) is 17.5 Å². The number of aromatic nitrogens is 2. The number of hydrogen-bond donors (Lipinski definition) is 3. The molecular formula is C31H37N7O5. The smallest absolute Gasteiger partial charge is 0.335 e. The van der Waals surface area contributed by atoms with Gasteiger partial charge in [-0.2, -0.15) is 0 Å². The maximum atomic E-state index is 12.4. The van der Waals surface area contributed by atoms with Crippen LogP contribution in [0.5, 0.6) is 5.75 Å². The van der Waals surface area contributed by atoms with Crippen LogP contribution in [0.3, 0.4) is 0 Å². The molecule has 12 heteroatoms. The van der Waals surface area contributed by atoms with Crippen molar-refractivity contribution in [3.8, 4) is 5.75 Å². The number of nitrogens with one attached hydrogen (secondary N) is 2. The molecule has 3 N–H and O–H groups in total. The molecule has 1 amide bonds. The molecule has 0 bridgehead atoms. The third kappa shape index (κ3) is 6.87. The summed E-state index contributed by atoms with van der Waals surface area (Å²) in [5.41, 5.74) is 3.14. The molecule has 5 rings (SSSR count). The summed E-state index contributed by atoms with van der Waals surface area (Å²) in [4.78, 5) is 43.4. The summed E-state index contributed by atoms with van der Waals surface area (Å²) in [6.07, 6.45) is 4.46. The molecule has 2 aromatic carbocycles. The van der Waals surface area contributed by atoms with E-state index in [9.17, 15) is 14.7 Å². The minimum atomic E-state index is -0.983. The van der Waals surface area contributed by atoms with Crippen LogP contribution in [0.4, 0.5) is 28.7 Å². The molecule has 3 aromatic rings. The first-order valence-corrected chi connectivity index (χ1v) is 14.4. The highest BCUT2D eigenvalue weighted by Gasteiger charge is 2.30. The predicted molar refractivity (Wildman–Crippen MR) is 165 cm³/mol. The van der Waals surface area contributed by atoms with Gasteiger partial charge in [-0.05, 0) is 42.8 Å². The van der Waals surface area contributed by atoms with E-state index < -0.39 is 5.97 Å². The lowest BCUT2D eigenvalue weighted by Gasteiger charge is -2.37. The van der Waals surface area contributed by atoms with E-state index in [0.717, 1.165) is 50.4 Å². The molecule has 43 heavy (non-hydrogen) atoms. The Hall–Kier alpha value is -4.68. The average molecular weight is 588 g/mol. The zero-order valence-corrected chi connectivity index (χ0v) is 24.5. The van der Waals surface area contributed by atoms with Crippen molar-refractivity contribution < 1.29 is 24.3 Å². The SMILES string of the molecule is C=CC(=O)Nc1cc(Nc2cc(N3OCCC3c3cccc(C(=O)O)c3)ncn2)c(OC)cc1N1CCN(CCC)CC1. The monoisotopic (exact) mass is 587 g/mol. The minimum Gasteiger partial charge on any atom is -0.494 e. The number of benzene rings is 2. The number of amides is 1. The molecule has 1 aromatic heterocycles. The average Bonchev–Trinajstić information content (AvgIpc) is 3.52. The molecule has 0 radical (unpaired) electrons. The van der Waals surface area contributed by atoms with E-state index in [1.54, 1.807) is 36.4 Å². The van der Waals surface area contributed by atoms with E-state index in [2.05, 4.69) is 43.9 Å². The number of nitrogens with zero attached hydrogens (tertiary/aromatic N) is 5. The number of carboxylic acid groups (broad SMARTS) is 1. The molecule has 12 nitrogen and oxygen atoms in total. The molecule has 226 valence electrons. The first-order valence-electron chi connectivity index (χ1n) is 14.4. The number of aromatic carboxylic acids is 1. The molecule has 2 aliphatic rings. The molecule has 1 unspecified atom stereocenters. The van der Waals surface area contributed by atoms with Gasteiger partial charge in [0.2, 0.25) is 5.91 Å². The summed E-state index contributed by atoms with van der Waals surface area (Å²) in [6, 6.07) is 12.1. The van der Waals surface area contributed by atoms with Gasteiger partial charge in [-0.3, -0.25) is 14.5 Å². The highest BCUT2D eigenvalue weighted by Crippen LogP contribution is 2.40. The lowest BCUT2D eigenvalue weighted by atomic mass is 10.0. The Balaban J connectivity index is 1.41. The molecule has 2 aliphatic heterocycles. The molecule has 2 fully saturated rings. The fraction of sp³-hybridized carbons (Fsp3) is 0.355. The Kier molecular flexibility index (Phi) is 9.38. The number of carbonyl (C=O) groups is 2. The van der Waals surface area contributed by atoms with Crippen molar-refractivity contribution in [1.29, 1.82) is 0 Å². The molecule has 2 saturated heterocycles. The zero-order valence-electron chi connectivity index (χ0n) is 24.5. The van der Waals surface area contributed by atoms with Crippen molar-refractivity contribution in [2.24, 2.45) is 0 Å². The van der Waals surface area contributed by atoms with Crippen molar-refractivity contribution in [3.05, 3.63) is 72.6 Å². The van der Waals surface area contributed by atoms with Gasteiger partial charge in [-0.25, -0.2) is 19.8 Å². The highest BCUT2D eigenvalue weighted by atomic mass is 16.7. The van der Waals surface area contributed by atoms with Crippen LogP contribution in [0.1, 0.15) is 41.7 Å². The summed E-state index contributed by atoms with van der Waals surface area (Å²) >= 11 is 0. The van der Waals surface area contributed by atoms with Crippen LogP contribution in [0, 0.1) is 0 Å². The number of anilines is 5. The molecule has 0 saturated carbocycles. The number of carbonyl (C=O) groups excluding carboxylic acids is 1. The third-order valence-corrected chi connectivity index (χ3v) is 7.58. The fourth-order valence-electron chi connectivity index (χ4n) is 5.46. The van der Waals surface area contributed by atoms with E-state index in [1.807, 2.05) is 18.2 Å². The second-order valence-electron chi connectivity index (χ2n) is 10.4. The summed E-state index contributed by atoms with van der Waals surface area (Å²) < 4.78 is 5.77. The summed E-state index contributed by atoms with van der Waals surface area (Å²) in [6.45, 7) is 10.9. The van der Waals surface area contributed by atoms with Gasteiger partial charge < -0.3 is 25.4 Å². The van der Waals surface area contributed by atoms with E-state index in [1.165, 1.54) is 12.4 Å². The van der Waals surface area contributed by atoms with Gasteiger partial charge in [-0.1, -0.05) is 25.6 Å². The summed E-state index contributed by atoms with van der Waals surface area (Å²) in [5.74, 6) is 0.294. The summed E-state index contributed by atoms with van der Waals surface area (Å²) in [7, 11) is 1.60. The van der Waals surface area contributed by atoms with Gasteiger partial charge in [0.1, 0.15) is 17.9 Å². The number of ether oxygens (including phenoxy) is 1. The Bertz CT molecular complexity index is 1470. The predicted octanol–water partition coefficient (Wildman–Crippen LogP) is 4.47. The summed E-state index contributed by atoms with van der Waals surface area (Å²) in [5, 5.41) is 17.4. The molecule has 1 atom stereocenters. The van der Waals surface area contributed by atoms with Crippen molar-refractivity contribution in [3.63, 3.8) is 0 Å². The van der Waals surface area contributed by atoms with Gasteiger partial charge in [0.25, 0.3) is 0 Å². The number of piperazine rings is 1. The van der Waals surface area contributed by atoms with Crippen LogP contribution in [-0.2, 0) is 9.63 Å². The Labute approximate surface area is 250 Å². The largest absolute Gasteiger partial charge is 0.494 e. The third-order valence-electron chi connectivity index (χ3n) is 7.58. The topological polar surface area (TPSA) is 132 Å². The van der Waals surface area contributed by atoms with Gasteiger partial charge >= 0.3 is 5.97 Å². The number of carboxylic acids is 1. The van der Waals surface area contributed by atoms with Crippen LogP contribution in [-0.4, -0.2) is 78.3 Å². The lowest BCUT2D eigenvalue weighted by Crippen LogP contribution is -2.46. The molecule has 3 heterocycles. The maximum Gasteiger partial charge on any atom is 0.335 e. The first kappa shape index (κ1) is 29.8. The van der Waals surface area contributed by atoms with Crippen molar-refractivity contribution in [1.82, 2.24) is 14.9 Å². The van der Waals surface area contributed by atoms with Crippen molar-refractivity contribution in [2.75, 3.05) is 67.0 Å². The second-order valence-corrected chi connectivity index (χ2v) is 10.4. The second kappa shape index (κ2) is 13.5. The molecule has 0 spiro atoms. The van der Waals surface area contributed by atoms with Gasteiger partial charge in [0, 0.05) is 44.7 Å². The molecule has 0 aliphatic carbocycles. The van der Waals surface area contributed by atoms with E-state index >= 15 is 0 Å². The fourth-order valence-corrected chi connectivity index (χ4v) is 5.46. The van der Waals surface area contributed by atoms with E-state index in [0.29, 0.717) is 41.8 Å². The quantitative estimate of drug-likeness (QED) is 0.275. The van der Waals surface area contributed by atoms with Crippen molar-refractivity contribution in [2.45, 2.75) is 25.8 Å². The number of methoxy groups -OCH3 is 1. The normalized spacial score (nSPS) is 17.0. The van der Waals surface area contributed by atoms with Gasteiger partial charge in [0.15, 0.2) is 5.82 Å². The lowest BCUT2D eigenvalue weighted by molar-refractivity contribution is -0.111. The minimum absolute atomic E-state index is 0.214.